The topological polar surface area (TPSA) is 29.9 Å². The molecule has 4 heteroatoms. The minimum Gasteiger partial charge on any atom is -0.312 e. The molecule has 0 aliphatic heterocycles. The quantitative estimate of drug-likeness (QED) is 0.780. The van der Waals surface area contributed by atoms with Crippen molar-refractivity contribution in [3.63, 3.8) is 0 Å². The van der Waals surface area contributed by atoms with Gasteiger partial charge in [0, 0.05) is 17.0 Å². The third-order valence-electron chi connectivity index (χ3n) is 3.21. The van der Waals surface area contributed by atoms with Crippen molar-refractivity contribution in [3.05, 3.63) is 17.0 Å². The molecular formula is C15H29N3S. The third-order valence-corrected chi connectivity index (χ3v) is 4.09. The molecule has 19 heavy (non-hydrogen) atoms. The minimum atomic E-state index is 0.190. The summed E-state index contributed by atoms with van der Waals surface area (Å²) in [6, 6.07) is 0. The molecular weight excluding hydrogens is 254 g/mol. The normalized spacial score (nSPS) is 12.1. The lowest BCUT2D eigenvalue weighted by Gasteiger charge is -2.20. The number of rotatable bonds is 7. The third kappa shape index (κ3) is 5.57. The molecule has 0 saturated heterocycles. The van der Waals surface area contributed by atoms with Gasteiger partial charge in [0.05, 0.1) is 12.2 Å². The number of nitrogens with one attached hydrogen (secondary N) is 1. The van der Waals surface area contributed by atoms with E-state index in [2.05, 4.69) is 56.6 Å². The lowest BCUT2D eigenvalue weighted by molar-refractivity contribution is 0.429. The van der Waals surface area contributed by atoms with Crippen molar-refractivity contribution in [2.45, 2.75) is 60.0 Å². The van der Waals surface area contributed by atoms with E-state index in [0.717, 1.165) is 25.3 Å². The maximum atomic E-state index is 4.67. The number of aryl methyl sites for hydroxylation is 2. The number of nitrogens with zero attached hydrogens (tertiary/aromatic N) is 2. The van der Waals surface area contributed by atoms with Crippen LogP contribution in [0.3, 0.4) is 0 Å². The Labute approximate surface area is 122 Å². The molecule has 0 fully saturated rings. The first kappa shape index (κ1) is 16.6. The Bertz CT molecular complexity index is 391. The Hall–Kier alpha value is -0.480. The van der Waals surface area contributed by atoms with Crippen LogP contribution in [-0.2, 0) is 13.0 Å². The molecule has 0 bridgehead atoms. The van der Waals surface area contributed by atoms with Gasteiger partial charge in [-0.25, -0.2) is 0 Å². The van der Waals surface area contributed by atoms with Gasteiger partial charge in [-0.3, -0.25) is 4.68 Å². The van der Waals surface area contributed by atoms with E-state index in [1.807, 2.05) is 11.8 Å². The van der Waals surface area contributed by atoms with Crippen molar-refractivity contribution >= 4 is 11.8 Å². The van der Waals surface area contributed by atoms with Crippen LogP contribution in [-0.4, -0.2) is 33.4 Å². The maximum absolute atomic E-state index is 4.67. The number of thioether (sulfide) groups is 1. The molecule has 110 valence electrons. The number of hydrogen-bond donors (Lipinski definition) is 1. The highest BCUT2D eigenvalue weighted by atomic mass is 32.2. The second-order valence-corrected chi connectivity index (χ2v) is 7.39. The lowest BCUT2D eigenvalue weighted by Crippen LogP contribution is -2.37. The molecule has 1 aromatic heterocycles. The summed E-state index contributed by atoms with van der Waals surface area (Å²) in [6.45, 7) is 15.2. The second-order valence-electron chi connectivity index (χ2n) is 6.00. The molecule has 0 amide bonds. The highest BCUT2D eigenvalue weighted by molar-refractivity contribution is 7.99. The molecule has 1 rings (SSSR count). The van der Waals surface area contributed by atoms with E-state index in [-0.39, 0.29) is 5.54 Å². The SMILES string of the molecule is CCSCCn1nc(C)c(CCNC(C)(C)C)c1C. The Balaban J connectivity index is 2.58. The van der Waals surface area contributed by atoms with E-state index in [4.69, 9.17) is 0 Å². The maximum Gasteiger partial charge on any atom is 0.0628 e. The summed E-state index contributed by atoms with van der Waals surface area (Å²) in [6.07, 6.45) is 1.07. The summed E-state index contributed by atoms with van der Waals surface area (Å²) >= 11 is 1.97. The van der Waals surface area contributed by atoms with E-state index in [1.165, 1.54) is 22.7 Å². The molecule has 0 aliphatic rings. The minimum absolute atomic E-state index is 0.190. The first-order chi connectivity index (χ1) is 8.85. The van der Waals surface area contributed by atoms with Crippen molar-refractivity contribution in [2.24, 2.45) is 0 Å². The fourth-order valence-electron chi connectivity index (χ4n) is 2.17. The summed E-state index contributed by atoms with van der Waals surface area (Å²) in [5.74, 6) is 2.33. The van der Waals surface area contributed by atoms with Gasteiger partial charge < -0.3 is 5.32 Å². The fourth-order valence-corrected chi connectivity index (χ4v) is 2.76. The van der Waals surface area contributed by atoms with Gasteiger partial charge in [0.2, 0.25) is 0 Å². The van der Waals surface area contributed by atoms with Gasteiger partial charge in [-0.1, -0.05) is 6.92 Å². The van der Waals surface area contributed by atoms with Gasteiger partial charge in [0.25, 0.3) is 0 Å². The standard InChI is InChI=1S/C15H29N3S/c1-7-19-11-10-18-13(3)14(12(2)17-18)8-9-16-15(4,5)6/h16H,7-11H2,1-6H3. The molecule has 1 aromatic rings. The molecule has 0 saturated carbocycles. The Morgan fingerprint density at radius 1 is 1.26 bits per heavy atom. The zero-order valence-corrected chi connectivity index (χ0v) is 14.2. The Morgan fingerprint density at radius 2 is 1.95 bits per heavy atom. The molecule has 3 nitrogen and oxygen atoms in total. The van der Waals surface area contributed by atoms with Crippen LogP contribution >= 0.6 is 11.8 Å². The summed E-state index contributed by atoms with van der Waals surface area (Å²) in [5, 5.41) is 8.22. The van der Waals surface area contributed by atoms with Crippen LogP contribution in [0.15, 0.2) is 0 Å². The van der Waals surface area contributed by atoms with E-state index < -0.39 is 0 Å². The summed E-state index contributed by atoms with van der Waals surface area (Å²) in [7, 11) is 0. The lowest BCUT2D eigenvalue weighted by atomic mass is 10.1. The van der Waals surface area contributed by atoms with Crippen LogP contribution in [0.5, 0.6) is 0 Å². The summed E-state index contributed by atoms with van der Waals surface area (Å²) in [4.78, 5) is 0. The van der Waals surface area contributed by atoms with Gasteiger partial charge in [-0.2, -0.15) is 16.9 Å². The van der Waals surface area contributed by atoms with Crippen LogP contribution in [0.4, 0.5) is 0 Å². The molecule has 1 heterocycles. The molecule has 0 aliphatic carbocycles. The molecule has 0 atom stereocenters. The van der Waals surface area contributed by atoms with E-state index in [0.29, 0.717) is 0 Å². The van der Waals surface area contributed by atoms with E-state index in [1.54, 1.807) is 0 Å². The summed E-state index contributed by atoms with van der Waals surface area (Å²) < 4.78 is 2.17. The summed E-state index contributed by atoms with van der Waals surface area (Å²) in [5.41, 5.74) is 4.13. The second kappa shape index (κ2) is 7.34. The van der Waals surface area contributed by atoms with Gasteiger partial charge >= 0.3 is 0 Å². The predicted octanol–water partition coefficient (Wildman–Crippen LogP) is 3.18. The van der Waals surface area contributed by atoms with Gasteiger partial charge in [0.1, 0.15) is 0 Å². The Morgan fingerprint density at radius 3 is 2.53 bits per heavy atom. The number of aromatic nitrogens is 2. The molecule has 0 spiro atoms. The van der Waals surface area contributed by atoms with Crippen LogP contribution in [0, 0.1) is 13.8 Å². The van der Waals surface area contributed by atoms with Crippen molar-refractivity contribution < 1.29 is 0 Å². The van der Waals surface area contributed by atoms with Crippen molar-refractivity contribution in [1.29, 1.82) is 0 Å². The van der Waals surface area contributed by atoms with Gasteiger partial charge in [-0.15, -0.1) is 0 Å². The van der Waals surface area contributed by atoms with Crippen molar-refractivity contribution in [1.82, 2.24) is 15.1 Å². The fraction of sp³-hybridized carbons (Fsp3) is 0.800. The van der Waals surface area contributed by atoms with Crippen LogP contribution in [0.25, 0.3) is 0 Å². The molecule has 0 aromatic carbocycles. The van der Waals surface area contributed by atoms with Crippen LogP contribution in [0.1, 0.15) is 44.6 Å². The van der Waals surface area contributed by atoms with Crippen LogP contribution < -0.4 is 5.32 Å². The average molecular weight is 283 g/mol. The first-order valence-electron chi connectivity index (χ1n) is 7.21. The Kier molecular flexibility index (Phi) is 6.40. The van der Waals surface area contributed by atoms with Crippen molar-refractivity contribution in [2.75, 3.05) is 18.1 Å². The average Bonchev–Trinajstić information content (AvgIpc) is 2.55. The first-order valence-corrected chi connectivity index (χ1v) is 8.36. The highest BCUT2D eigenvalue weighted by Crippen LogP contribution is 2.14. The largest absolute Gasteiger partial charge is 0.312 e. The van der Waals surface area contributed by atoms with Crippen molar-refractivity contribution in [3.8, 4) is 0 Å². The molecule has 0 unspecified atom stereocenters. The number of hydrogen-bond acceptors (Lipinski definition) is 3. The highest BCUT2D eigenvalue weighted by Gasteiger charge is 2.13. The van der Waals surface area contributed by atoms with Gasteiger partial charge in [-0.05, 0) is 58.9 Å². The van der Waals surface area contributed by atoms with E-state index >= 15 is 0 Å². The monoisotopic (exact) mass is 283 g/mol. The zero-order valence-electron chi connectivity index (χ0n) is 13.3. The van der Waals surface area contributed by atoms with Crippen LogP contribution in [0.2, 0.25) is 0 Å². The van der Waals surface area contributed by atoms with E-state index in [9.17, 15) is 0 Å². The zero-order chi connectivity index (χ0) is 14.5. The molecule has 0 radical (unpaired) electrons. The predicted molar refractivity (Wildman–Crippen MR) is 86.2 cm³/mol. The smallest absolute Gasteiger partial charge is 0.0628 e. The molecule has 1 N–H and O–H groups in total. The van der Waals surface area contributed by atoms with Gasteiger partial charge in [0.15, 0.2) is 0 Å².